The number of carbonyl (C=O) groups excluding carboxylic acids is 3. The van der Waals surface area contributed by atoms with Crippen LogP contribution in [0.15, 0.2) is 48.7 Å². The maximum Gasteiger partial charge on any atom is 0.494 e. The first-order valence-electron chi connectivity index (χ1n) is 16.6. The van der Waals surface area contributed by atoms with Crippen LogP contribution in [-0.4, -0.2) is 94.5 Å². The highest BCUT2D eigenvalue weighted by atomic mass is 16.7. The van der Waals surface area contributed by atoms with Gasteiger partial charge < -0.3 is 43.8 Å². The van der Waals surface area contributed by atoms with Gasteiger partial charge in [0.15, 0.2) is 0 Å². The van der Waals surface area contributed by atoms with Gasteiger partial charge in [0.1, 0.15) is 23.7 Å². The van der Waals surface area contributed by atoms with Crippen LogP contribution in [0.1, 0.15) is 64.5 Å². The van der Waals surface area contributed by atoms with Gasteiger partial charge in [0, 0.05) is 23.9 Å². The monoisotopic (exact) mass is 672 g/mol. The van der Waals surface area contributed by atoms with Gasteiger partial charge in [-0.05, 0) is 50.7 Å². The number of benzene rings is 2. The zero-order chi connectivity index (χ0) is 35.2. The van der Waals surface area contributed by atoms with E-state index in [2.05, 4.69) is 10.3 Å². The molecule has 0 unspecified atom stereocenters. The van der Waals surface area contributed by atoms with Crippen LogP contribution < -0.4 is 15.5 Å². The maximum absolute atomic E-state index is 14.1. The summed E-state index contributed by atoms with van der Waals surface area (Å²) in [5, 5.41) is 2.68. The molecule has 0 spiro atoms. The van der Waals surface area contributed by atoms with E-state index < -0.39 is 36.5 Å². The number of nitrogens with one attached hydrogen (secondary N) is 2. The number of methoxy groups -OCH3 is 2. The number of alkyl carbamates (subject to hydrolysis) is 1. The fourth-order valence-electron chi connectivity index (χ4n) is 6.48. The third-order valence-electron chi connectivity index (χ3n) is 10.1. The molecular formula is C35H45BN6O7. The molecule has 2 saturated heterocycles. The van der Waals surface area contributed by atoms with E-state index in [4.69, 9.17) is 23.8 Å². The van der Waals surface area contributed by atoms with E-state index in [-0.39, 0.29) is 31.1 Å². The Morgan fingerprint density at radius 1 is 1.00 bits per heavy atom. The molecule has 2 fully saturated rings. The summed E-state index contributed by atoms with van der Waals surface area (Å²) in [5.41, 5.74) is 3.56. The number of fused-ring (bicyclic) bond motifs is 1. The SMILES string of the molecule is COC(=O)N[C@H](C(=O)N1CN(C(=O)N2Cc3cccc(OC)c3C2)C[C@H]1c1nc(-c2ccc(B3OC(C)(C)C(C)(C)O3)cc2)c[nH]1)C(C)C. The largest absolute Gasteiger partial charge is 0.496 e. The van der Waals surface area contributed by atoms with Crippen molar-refractivity contribution in [2.24, 2.45) is 5.92 Å². The molecule has 49 heavy (non-hydrogen) atoms. The summed E-state index contributed by atoms with van der Waals surface area (Å²) >= 11 is 0. The van der Waals surface area contributed by atoms with Crippen molar-refractivity contribution in [1.82, 2.24) is 30.0 Å². The van der Waals surface area contributed by atoms with Gasteiger partial charge in [-0.25, -0.2) is 14.6 Å². The van der Waals surface area contributed by atoms with Crippen LogP contribution >= 0.6 is 0 Å². The molecule has 0 aliphatic carbocycles. The molecule has 260 valence electrons. The highest BCUT2D eigenvalue weighted by molar-refractivity contribution is 6.62. The lowest BCUT2D eigenvalue weighted by molar-refractivity contribution is -0.135. The molecular weight excluding hydrogens is 627 g/mol. The van der Waals surface area contributed by atoms with Crippen LogP contribution in [0.2, 0.25) is 0 Å². The van der Waals surface area contributed by atoms with Crippen molar-refractivity contribution in [3.63, 3.8) is 0 Å². The van der Waals surface area contributed by atoms with E-state index in [1.165, 1.54) is 7.11 Å². The number of amides is 4. The smallest absolute Gasteiger partial charge is 0.494 e. The van der Waals surface area contributed by atoms with Gasteiger partial charge in [0.05, 0.1) is 50.9 Å². The zero-order valence-electron chi connectivity index (χ0n) is 29.4. The number of aromatic amines is 1. The highest BCUT2D eigenvalue weighted by Gasteiger charge is 2.51. The minimum atomic E-state index is -0.873. The highest BCUT2D eigenvalue weighted by Crippen LogP contribution is 2.37. The summed E-state index contributed by atoms with van der Waals surface area (Å²) in [6.45, 7) is 12.9. The van der Waals surface area contributed by atoms with Crippen molar-refractivity contribution in [1.29, 1.82) is 0 Å². The second-order valence-electron chi connectivity index (χ2n) is 14.2. The van der Waals surface area contributed by atoms with Gasteiger partial charge in [-0.15, -0.1) is 0 Å². The predicted molar refractivity (Wildman–Crippen MR) is 183 cm³/mol. The molecule has 3 aromatic rings. The van der Waals surface area contributed by atoms with Crippen LogP contribution in [0, 0.1) is 5.92 Å². The number of hydrogen-bond donors (Lipinski definition) is 2. The maximum atomic E-state index is 14.1. The van der Waals surface area contributed by atoms with Crippen LogP contribution in [0.3, 0.4) is 0 Å². The Kier molecular flexibility index (Phi) is 9.14. The molecule has 6 rings (SSSR count). The first kappa shape index (κ1) is 34.3. The fraction of sp³-hybridized carbons (Fsp3) is 0.486. The number of hydrogen-bond acceptors (Lipinski definition) is 8. The van der Waals surface area contributed by atoms with E-state index in [0.717, 1.165) is 27.9 Å². The first-order chi connectivity index (χ1) is 23.2. The quantitative estimate of drug-likeness (QED) is 0.359. The Morgan fingerprint density at radius 3 is 2.33 bits per heavy atom. The number of rotatable bonds is 7. The Balaban J connectivity index is 1.24. The number of H-pyrrole nitrogens is 1. The molecule has 2 atom stereocenters. The third-order valence-corrected chi connectivity index (χ3v) is 10.1. The van der Waals surface area contributed by atoms with E-state index in [1.807, 2.05) is 84.0 Å². The molecule has 13 nitrogen and oxygen atoms in total. The fourth-order valence-corrected chi connectivity index (χ4v) is 6.48. The van der Waals surface area contributed by atoms with Crippen LogP contribution in [0.25, 0.3) is 11.3 Å². The van der Waals surface area contributed by atoms with Gasteiger partial charge in [0.2, 0.25) is 5.91 Å². The Labute approximate surface area is 287 Å². The molecule has 0 bridgehead atoms. The van der Waals surface area contributed by atoms with E-state index >= 15 is 0 Å². The summed E-state index contributed by atoms with van der Waals surface area (Å²) in [6.07, 6.45) is 1.09. The molecule has 2 N–H and O–H groups in total. The number of imidazole rings is 1. The Morgan fingerprint density at radius 2 is 1.69 bits per heavy atom. The molecule has 4 heterocycles. The summed E-state index contributed by atoms with van der Waals surface area (Å²) < 4.78 is 22.8. The third kappa shape index (κ3) is 6.46. The summed E-state index contributed by atoms with van der Waals surface area (Å²) in [5.74, 6) is 0.689. The zero-order valence-corrected chi connectivity index (χ0v) is 29.4. The Hall–Kier alpha value is -4.56. The topological polar surface area (TPSA) is 139 Å². The van der Waals surface area contributed by atoms with Gasteiger partial charge in [-0.3, -0.25) is 4.79 Å². The number of nitrogens with zero attached hydrogens (tertiary/aromatic N) is 4. The van der Waals surface area contributed by atoms with Crippen molar-refractivity contribution < 1.29 is 33.2 Å². The van der Waals surface area contributed by atoms with Crippen molar-refractivity contribution in [3.8, 4) is 17.0 Å². The van der Waals surface area contributed by atoms with Gasteiger partial charge in [-0.2, -0.15) is 0 Å². The van der Waals surface area contributed by atoms with Crippen LogP contribution in [0.4, 0.5) is 9.59 Å². The number of ether oxygens (including phenoxy) is 2. The molecule has 0 radical (unpaired) electrons. The molecule has 3 aliphatic rings. The molecule has 1 aromatic heterocycles. The van der Waals surface area contributed by atoms with E-state index in [1.54, 1.807) is 28.0 Å². The first-order valence-corrected chi connectivity index (χ1v) is 16.6. The molecule has 2 aromatic carbocycles. The lowest BCUT2D eigenvalue weighted by atomic mass is 9.79. The second-order valence-corrected chi connectivity index (χ2v) is 14.2. The lowest BCUT2D eigenvalue weighted by Gasteiger charge is -2.32. The summed E-state index contributed by atoms with van der Waals surface area (Å²) in [7, 11) is 2.40. The average Bonchev–Trinajstić information content (AvgIpc) is 3.87. The second kappa shape index (κ2) is 13.0. The van der Waals surface area contributed by atoms with Crippen molar-refractivity contribution in [2.45, 2.75) is 77.9 Å². The predicted octanol–water partition coefficient (Wildman–Crippen LogP) is 4.04. The van der Waals surface area contributed by atoms with Crippen molar-refractivity contribution in [3.05, 3.63) is 65.6 Å². The normalized spacial score (nSPS) is 20.1. The summed E-state index contributed by atoms with van der Waals surface area (Å²) in [6, 6.07) is 12.0. The number of carbonyl (C=O) groups is 3. The van der Waals surface area contributed by atoms with Crippen LogP contribution in [-0.2, 0) is 31.9 Å². The van der Waals surface area contributed by atoms with Gasteiger partial charge >= 0.3 is 19.2 Å². The average molecular weight is 673 g/mol. The summed E-state index contributed by atoms with van der Waals surface area (Å²) in [4.78, 5) is 53.5. The minimum absolute atomic E-state index is 0.0250. The van der Waals surface area contributed by atoms with Crippen molar-refractivity contribution in [2.75, 3.05) is 27.4 Å². The van der Waals surface area contributed by atoms with Gasteiger partial charge in [-0.1, -0.05) is 50.2 Å². The van der Waals surface area contributed by atoms with Gasteiger partial charge in [0.25, 0.3) is 0 Å². The Bertz CT molecular complexity index is 1710. The molecule has 4 amide bonds. The van der Waals surface area contributed by atoms with E-state index in [0.29, 0.717) is 24.6 Å². The molecule has 3 aliphatic heterocycles. The minimum Gasteiger partial charge on any atom is -0.496 e. The van der Waals surface area contributed by atoms with Crippen molar-refractivity contribution >= 4 is 30.6 Å². The van der Waals surface area contributed by atoms with E-state index in [9.17, 15) is 14.4 Å². The lowest BCUT2D eigenvalue weighted by Crippen LogP contribution is -2.52. The molecule has 14 heteroatoms. The number of aromatic nitrogens is 2. The standard InChI is InChI=1S/C35H45BN6O7/c1-21(2)29(39-32(44)47-8)31(43)42-20-41(33(45)40-17-23-10-9-11-28(46-7)25(23)18-40)19-27(42)30-37-16-26(38-30)22-12-14-24(15-13-22)36-48-34(3,4)35(5,6)49-36/h9-16,21,27,29H,17-20H2,1-8H3,(H,37,38)(H,39,44)/t27-,29-/m0/s1. The number of urea groups is 1. The van der Waals surface area contributed by atoms with Crippen LogP contribution in [0.5, 0.6) is 5.75 Å². The molecule has 0 saturated carbocycles.